The minimum atomic E-state index is -3.87. The van der Waals surface area contributed by atoms with Crippen molar-refractivity contribution in [2.75, 3.05) is 17.8 Å². The fraction of sp³-hybridized carbons (Fsp3) is 0.300. The summed E-state index contributed by atoms with van der Waals surface area (Å²) in [6.07, 6.45) is 4.51. The van der Waals surface area contributed by atoms with Crippen molar-refractivity contribution in [2.24, 2.45) is 0 Å². The van der Waals surface area contributed by atoms with E-state index >= 15 is 0 Å². The van der Waals surface area contributed by atoms with Gasteiger partial charge in [0.2, 0.25) is 5.82 Å². The Bertz CT molecular complexity index is 1150. The third kappa shape index (κ3) is 4.18. The van der Waals surface area contributed by atoms with Gasteiger partial charge in [0.1, 0.15) is 5.82 Å². The zero-order chi connectivity index (χ0) is 21.1. The van der Waals surface area contributed by atoms with Gasteiger partial charge in [0.25, 0.3) is 10.0 Å². The molecule has 1 fully saturated rings. The number of sulfonamides is 1. The van der Waals surface area contributed by atoms with Crippen molar-refractivity contribution in [1.29, 1.82) is 0 Å². The quantitative estimate of drug-likeness (QED) is 0.665. The molecular weight excluding hydrogens is 406 g/mol. The van der Waals surface area contributed by atoms with Crippen LogP contribution in [-0.2, 0) is 10.0 Å². The van der Waals surface area contributed by atoms with Gasteiger partial charge in [-0.3, -0.25) is 9.52 Å². The number of nitrogens with zero attached hydrogens (tertiary/aromatic N) is 4. The molecule has 0 radical (unpaired) electrons. The highest BCUT2D eigenvalue weighted by Gasteiger charge is 2.25. The molecule has 1 aliphatic rings. The van der Waals surface area contributed by atoms with Crippen molar-refractivity contribution in [3.05, 3.63) is 54.0 Å². The number of benzene rings is 1. The molecule has 30 heavy (non-hydrogen) atoms. The third-order valence-electron chi connectivity index (χ3n) is 4.89. The lowest BCUT2D eigenvalue weighted by atomic mass is 10.1. The highest BCUT2D eigenvalue weighted by Crippen LogP contribution is 2.25. The third-order valence-corrected chi connectivity index (χ3v) is 6.39. The molecule has 10 heteroatoms. The molecular formula is C20H21N5O4S. The SMILES string of the molecule is Cc1ccc(-c2noc(C(=O)N3CCCCC3)n2)cc1S(=O)(=O)Nc1ccccn1. The van der Waals surface area contributed by atoms with Crippen molar-refractivity contribution < 1.29 is 17.7 Å². The number of likely N-dealkylation sites (tertiary alicyclic amines) is 1. The van der Waals surface area contributed by atoms with Gasteiger partial charge in [-0.2, -0.15) is 4.98 Å². The first kappa shape index (κ1) is 20.0. The van der Waals surface area contributed by atoms with E-state index in [9.17, 15) is 13.2 Å². The molecule has 3 heterocycles. The molecule has 1 N–H and O–H groups in total. The lowest BCUT2D eigenvalue weighted by molar-refractivity contribution is 0.0674. The van der Waals surface area contributed by atoms with E-state index in [1.165, 1.54) is 12.3 Å². The van der Waals surface area contributed by atoms with Gasteiger partial charge < -0.3 is 9.42 Å². The van der Waals surface area contributed by atoms with Crippen LogP contribution in [0.3, 0.4) is 0 Å². The minimum Gasteiger partial charge on any atom is -0.334 e. The van der Waals surface area contributed by atoms with Gasteiger partial charge in [0.05, 0.1) is 4.90 Å². The van der Waals surface area contributed by atoms with Crippen LogP contribution in [0.2, 0.25) is 0 Å². The number of anilines is 1. The molecule has 1 aromatic carbocycles. The van der Waals surface area contributed by atoms with E-state index in [1.807, 2.05) is 0 Å². The molecule has 9 nitrogen and oxygen atoms in total. The summed E-state index contributed by atoms with van der Waals surface area (Å²) in [5.41, 5.74) is 0.985. The second-order valence-corrected chi connectivity index (χ2v) is 8.73. The summed E-state index contributed by atoms with van der Waals surface area (Å²) >= 11 is 0. The largest absolute Gasteiger partial charge is 0.334 e. The lowest BCUT2D eigenvalue weighted by Gasteiger charge is -2.24. The molecule has 1 saturated heterocycles. The van der Waals surface area contributed by atoms with Gasteiger partial charge in [-0.05, 0) is 49.9 Å². The van der Waals surface area contributed by atoms with Crippen LogP contribution in [-0.4, -0.2) is 47.4 Å². The van der Waals surface area contributed by atoms with Crippen LogP contribution in [0.15, 0.2) is 52.0 Å². The average molecular weight is 427 g/mol. The van der Waals surface area contributed by atoms with Crippen LogP contribution >= 0.6 is 0 Å². The van der Waals surface area contributed by atoms with Crippen molar-refractivity contribution in [2.45, 2.75) is 31.1 Å². The Morgan fingerprint density at radius 3 is 2.67 bits per heavy atom. The second-order valence-electron chi connectivity index (χ2n) is 7.08. The zero-order valence-corrected chi connectivity index (χ0v) is 17.2. The predicted octanol–water partition coefficient (Wildman–Crippen LogP) is 2.87. The molecule has 1 aliphatic heterocycles. The van der Waals surface area contributed by atoms with Gasteiger partial charge in [-0.25, -0.2) is 13.4 Å². The smallest absolute Gasteiger partial charge is 0.316 e. The van der Waals surface area contributed by atoms with Crippen molar-refractivity contribution in [1.82, 2.24) is 20.0 Å². The van der Waals surface area contributed by atoms with E-state index in [0.29, 0.717) is 24.2 Å². The lowest BCUT2D eigenvalue weighted by Crippen LogP contribution is -2.35. The Morgan fingerprint density at radius 2 is 1.93 bits per heavy atom. The predicted molar refractivity (Wildman–Crippen MR) is 109 cm³/mol. The summed E-state index contributed by atoms with van der Waals surface area (Å²) in [6, 6.07) is 9.76. The number of piperidine rings is 1. The summed E-state index contributed by atoms with van der Waals surface area (Å²) in [5.74, 6) is -0.0188. The molecule has 2 aromatic heterocycles. The molecule has 4 rings (SSSR count). The maximum absolute atomic E-state index is 12.8. The normalized spacial score (nSPS) is 14.5. The summed E-state index contributed by atoms with van der Waals surface area (Å²) in [7, 11) is -3.87. The van der Waals surface area contributed by atoms with Crippen LogP contribution in [0.25, 0.3) is 11.4 Å². The topological polar surface area (TPSA) is 118 Å². The number of nitrogens with one attached hydrogen (secondary N) is 1. The molecule has 3 aromatic rings. The van der Waals surface area contributed by atoms with E-state index in [0.717, 1.165) is 19.3 Å². The molecule has 0 aliphatic carbocycles. The number of aromatic nitrogens is 3. The number of aryl methyl sites for hydroxylation is 1. The van der Waals surface area contributed by atoms with Crippen LogP contribution in [0.4, 0.5) is 5.82 Å². The maximum atomic E-state index is 12.8. The molecule has 1 amide bonds. The zero-order valence-electron chi connectivity index (χ0n) is 16.4. The van der Waals surface area contributed by atoms with E-state index < -0.39 is 10.0 Å². The number of amides is 1. The number of pyridine rings is 1. The number of carbonyl (C=O) groups is 1. The number of hydrogen-bond donors (Lipinski definition) is 1. The van der Waals surface area contributed by atoms with Gasteiger partial charge in [-0.1, -0.05) is 23.4 Å². The Hall–Kier alpha value is -3.27. The van der Waals surface area contributed by atoms with Gasteiger partial charge in [0.15, 0.2) is 0 Å². The summed E-state index contributed by atoms with van der Waals surface area (Å²) in [6.45, 7) is 3.03. The Morgan fingerprint density at radius 1 is 1.13 bits per heavy atom. The number of hydrogen-bond acceptors (Lipinski definition) is 7. The number of rotatable bonds is 5. The van der Waals surface area contributed by atoms with E-state index in [1.54, 1.807) is 42.2 Å². The first-order valence-electron chi connectivity index (χ1n) is 9.62. The van der Waals surface area contributed by atoms with Crippen molar-refractivity contribution in [3.63, 3.8) is 0 Å². The summed E-state index contributed by atoms with van der Waals surface area (Å²) < 4.78 is 33.3. The minimum absolute atomic E-state index is 0.0689. The highest BCUT2D eigenvalue weighted by atomic mass is 32.2. The van der Waals surface area contributed by atoms with Crippen LogP contribution in [0.5, 0.6) is 0 Å². The standard InChI is InChI=1S/C20H21N5O4S/c1-14-8-9-15(13-16(14)30(27,28)24-17-7-3-4-10-21-17)18-22-19(29-23-18)20(26)25-11-5-2-6-12-25/h3-4,7-10,13H,2,5-6,11-12H2,1H3,(H,21,24). The Balaban J connectivity index is 1.60. The average Bonchev–Trinajstić information content (AvgIpc) is 3.25. The van der Waals surface area contributed by atoms with Crippen LogP contribution in [0.1, 0.15) is 35.5 Å². The van der Waals surface area contributed by atoms with E-state index in [-0.39, 0.29) is 28.3 Å². The fourth-order valence-electron chi connectivity index (χ4n) is 3.30. The monoisotopic (exact) mass is 427 g/mol. The van der Waals surface area contributed by atoms with E-state index in [4.69, 9.17) is 4.52 Å². The molecule has 0 bridgehead atoms. The second kappa shape index (κ2) is 8.23. The Labute approximate surface area is 174 Å². The van der Waals surface area contributed by atoms with Gasteiger partial charge >= 0.3 is 11.8 Å². The highest BCUT2D eigenvalue weighted by molar-refractivity contribution is 7.92. The first-order chi connectivity index (χ1) is 14.4. The van der Waals surface area contributed by atoms with Crippen LogP contribution < -0.4 is 4.72 Å². The molecule has 0 unspecified atom stereocenters. The maximum Gasteiger partial charge on any atom is 0.316 e. The van der Waals surface area contributed by atoms with Crippen molar-refractivity contribution in [3.8, 4) is 11.4 Å². The molecule has 0 spiro atoms. The fourth-order valence-corrected chi connectivity index (χ4v) is 4.58. The summed E-state index contributed by atoms with van der Waals surface area (Å²) in [4.78, 5) is 22.5. The number of carbonyl (C=O) groups excluding carboxylic acids is 1. The van der Waals surface area contributed by atoms with Crippen LogP contribution in [0, 0.1) is 6.92 Å². The summed E-state index contributed by atoms with van der Waals surface area (Å²) in [5, 5.41) is 3.88. The Kier molecular flexibility index (Phi) is 5.49. The van der Waals surface area contributed by atoms with E-state index in [2.05, 4.69) is 19.8 Å². The molecule has 156 valence electrons. The van der Waals surface area contributed by atoms with Gasteiger partial charge in [0, 0.05) is 24.8 Å². The first-order valence-corrected chi connectivity index (χ1v) is 11.1. The molecule has 0 atom stereocenters. The van der Waals surface area contributed by atoms with Crippen molar-refractivity contribution >= 4 is 21.7 Å². The van der Waals surface area contributed by atoms with Gasteiger partial charge in [-0.15, -0.1) is 0 Å². The molecule has 0 saturated carbocycles.